The van der Waals surface area contributed by atoms with E-state index in [0.29, 0.717) is 0 Å². The molecule has 56 valence electrons. The summed E-state index contributed by atoms with van der Waals surface area (Å²) in [6.07, 6.45) is 1.96. The zero-order valence-corrected chi connectivity index (χ0v) is 6.89. The Hall–Kier alpha value is -0.630. The van der Waals surface area contributed by atoms with Crippen molar-refractivity contribution in [2.45, 2.75) is 6.92 Å². The maximum atomic E-state index is 3.99. The molecule has 0 radical (unpaired) electrons. The third-order valence-electron chi connectivity index (χ3n) is 1.78. The number of aliphatic imine (C=N–C) groups is 1. The summed E-state index contributed by atoms with van der Waals surface area (Å²) in [5.41, 5.74) is 2.83. The molecule has 0 aliphatic carbocycles. The van der Waals surface area contributed by atoms with Crippen molar-refractivity contribution in [2.24, 2.45) is 4.99 Å². The van der Waals surface area contributed by atoms with Crippen LogP contribution in [-0.4, -0.2) is 38.3 Å². The first kappa shape index (κ1) is 7.48. The molecule has 0 amide bonds. The van der Waals surface area contributed by atoms with Crippen LogP contribution in [0.4, 0.5) is 0 Å². The van der Waals surface area contributed by atoms with Gasteiger partial charge in [-0.15, -0.1) is 0 Å². The van der Waals surface area contributed by atoms with E-state index in [2.05, 4.69) is 23.9 Å². The molecule has 0 aromatic rings. The molecule has 2 heteroatoms. The number of hydrogen-bond donors (Lipinski definition) is 0. The minimum absolute atomic E-state index is 1.06. The molecule has 0 fully saturated rings. The highest BCUT2D eigenvalue weighted by atomic mass is 15.1. The highest BCUT2D eigenvalue weighted by Gasteiger charge is 2.12. The highest BCUT2D eigenvalue weighted by Crippen LogP contribution is 2.12. The van der Waals surface area contributed by atoms with Crippen LogP contribution in [0.3, 0.4) is 0 Å². The zero-order valence-electron chi connectivity index (χ0n) is 6.89. The minimum atomic E-state index is 1.06. The largest absolute Gasteiger partial charge is 0.298 e. The average molecular weight is 138 g/mol. The summed E-state index contributed by atoms with van der Waals surface area (Å²) < 4.78 is 0. The summed E-state index contributed by atoms with van der Waals surface area (Å²) in [5, 5.41) is 0. The molecule has 0 aromatic carbocycles. The summed E-state index contributed by atoms with van der Waals surface area (Å²) in [4.78, 5) is 6.28. The molecule has 1 aliphatic rings. The van der Waals surface area contributed by atoms with Crippen molar-refractivity contribution in [1.29, 1.82) is 0 Å². The van der Waals surface area contributed by atoms with Crippen molar-refractivity contribution >= 4 is 6.21 Å². The Kier molecular flexibility index (Phi) is 2.22. The molecule has 1 heterocycles. The summed E-state index contributed by atoms with van der Waals surface area (Å²) >= 11 is 0. The normalized spacial score (nSPS) is 21.5. The maximum absolute atomic E-state index is 3.99. The quantitative estimate of drug-likeness (QED) is 0.492. The van der Waals surface area contributed by atoms with E-state index in [1.807, 2.05) is 13.3 Å². The SMILES string of the molecule is C/N=C\C1=C(C)CN(C)C1. The lowest BCUT2D eigenvalue weighted by Gasteiger charge is -2.04. The minimum Gasteiger partial charge on any atom is -0.298 e. The van der Waals surface area contributed by atoms with Crippen LogP contribution >= 0.6 is 0 Å². The summed E-state index contributed by atoms with van der Waals surface area (Å²) in [6.45, 7) is 4.32. The molecule has 1 rings (SSSR count). The van der Waals surface area contributed by atoms with Gasteiger partial charge in [0.05, 0.1) is 0 Å². The van der Waals surface area contributed by atoms with Crippen LogP contribution in [0.1, 0.15) is 6.92 Å². The van der Waals surface area contributed by atoms with Gasteiger partial charge in [0.25, 0.3) is 0 Å². The molecular weight excluding hydrogens is 124 g/mol. The van der Waals surface area contributed by atoms with Gasteiger partial charge < -0.3 is 0 Å². The third kappa shape index (κ3) is 1.45. The van der Waals surface area contributed by atoms with Crippen LogP contribution in [0, 0.1) is 0 Å². The molecule has 0 bridgehead atoms. The highest BCUT2D eigenvalue weighted by molar-refractivity contribution is 5.80. The topological polar surface area (TPSA) is 15.6 Å². The smallest absolute Gasteiger partial charge is 0.0277 e. The van der Waals surface area contributed by atoms with Crippen LogP contribution in [0.15, 0.2) is 16.1 Å². The van der Waals surface area contributed by atoms with Crippen molar-refractivity contribution in [2.75, 3.05) is 27.2 Å². The molecule has 0 atom stereocenters. The molecule has 0 unspecified atom stereocenters. The van der Waals surface area contributed by atoms with Gasteiger partial charge in [0.15, 0.2) is 0 Å². The van der Waals surface area contributed by atoms with Crippen molar-refractivity contribution in [1.82, 2.24) is 4.90 Å². The summed E-state index contributed by atoms with van der Waals surface area (Å²) in [7, 11) is 3.94. The molecule has 10 heavy (non-hydrogen) atoms. The van der Waals surface area contributed by atoms with Gasteiger partial charge in [-0.25, -0.2) is 0 Å². The zero-order chi connectivity index (χ0) is 7.56. The van der Waals surface area contributed by atoms with Crippen molar-refractivity contribution in [3.05, 3.63) is 11.1 Å². The fraction of sp³-hybridized carbons (Fsp3) is 0.625. The Morgan fingerprint density at radius 3 is 2.60 bits per heavy atom. The molecule has 0 saturated heterocycles. The van der Waals surface area contributed by atoms with Crippen molar-refractivity contribution in [3.8, 4) is 0 Å². The van der Waals surface area contributed by atoms with Crippen molar-refractivity contribution < 1.29 is 0 Å². The third-order valence-corrected chi connectivity index (χ3v) is 1.78. The Balaban J connectivity index is 2.66. The van der Waals surface area contributed by atoms with E-state index in [9.17, 15) is 0 Å². The standard InChI is InChI=1S/C8H14N2/c1-7-5-10(3)6-8(7)4-9-2/h4H,5-6H2,1-3H3/b9-4-. The second-order valence-corrected chi connectivity index (χ2v) is 2.87. The second kappa shape index (κ2) is 2.97. The van der Waals surface area contributed by atoms with Gasteiger partial charge in [0.2, 0.25) is 0 Å². The Labute approximate surface area is 62.3 Å². The van der Waals surface area contributed by atoms with Crippen LogP contribution in [0.2, 0.25) is 0 Å². The Morgan fingerprint density at radius 1 is 1.50 bits per heavy atom. The number of rotatable bonds is 1. The van der Waals surface area contributed by atoms with Crippen LogP contribution in [-0.2, 0) is 0 Å². The molecular formula is C8H14N2. The van der Waals surface area contributed by atoms with Gasteiger partial charge in [-0.05, 0) is 19.5 Å². The molecule has 0 spiro atoms. The van der Waals surface area contributed by atoms with Gasteiger partial charge in [0.1, 0.15) is 0 Å². The molecule has 0 saturated carbocycles. The first-order valence-corrected chi connectivity index (χ1v) is 3.53. The van der Waals surface area contributed by atoms with E-state index >= 15 is 0 Å². The van der Waals surface area contributed by atoms with Gasteiger partial charge in [-0.1, -0.05) is 5.57 Å². The van der Waals surface area contributed by atoms with E-state index in [1.54, 1.807) is 0 Å². The number of nitrogens with zero attached hydrogens (tertiary/aromatic N) is 2. The fourth-order valence-electron chi connectivity index (χ4n) is 1.29. The second-order valence-electron chi connectivity index (χ2n) is 2.87. The van der Waals surface area contributed by atoms with Crippen molar-refractivity contribution in [3.63, 3.8) is 0 Å². The first-order chi connectivity index (χ1) is 4.74. The number of likely N-dealkylation sites (N-methyl/N-ethyl adjacent to an activating group) is 1. The molecule has 0 N–H and O–H groups in total. The van der Waals surface area contributed by atoms with Gasteiger partial charge in [0, 0.05) is 26.4 Å². The lowest BCUT2D eigenvalue weighted by Crippen LogP contribution is -2.14. The molecule has 2 nitrogen and oxygen atoms in total. The molecule has 1 aliphatic heterocycles. The van der Waals surface area contributed by atoms with E-state index in [4.69, 9.17) is 0 Å². The van der Waals surface area contributed by atoms with Crippen LogP contribution in [0.5, 0.6) is 0 Å². The van der Waals surface area contributed by atoms with Crippen LogP contribution in [0.25, 0.3) is 0 Å². The van der Waals surface area contributed by atoms with E-state index in [0.717, 1.165) is 13.1 Å². The lowest BCUT2D eigenvalue weighted by molar-refractivity contribution is 0.427. The first-order valence-electron chi connectivity index (χ1n) is 3.53. The predicted octanol–water partition coefficient (Wildman–Crippen LogP) is 0.949. The van der Waals surface area contributed by atoms with Gasteiger partial charge >= 0.3 is 0 Å². The van der Waals surface area contributed by atoms with Gasteiger partial charge in [-0.3, -0.25) is 9.89 Å². The van der Waals surface area contributed by atoms with Gasteiger partial charge in [-0.2, -0.15) is 0 Å². The lowest BCUT2D eigenvalue weighted by atomic mass is 10.2. The monoisotopic (exact) mass is 138 g/mol. The van der Waals surface area contributed by atoms with E-state index < -0.39 is 0 Å². The summed E-state index contributed by atoms with van der Waals surface area (Å²) in [5.74, 6) is 0. The average Bonchev–Trinajstić information content (AvgIpc) is 2.13. The Bertz CT molecular complexity index is 180. The predicted molar refractivity (Wildman–Crippen MR) is 44.6 cm³/mol. The molecule has 0 aromatic heterocycles. The van der Waals surface area contributed by atoms with Crippen LogP contribution < -0.4 is 0 Å². The van der Waals surface area contributed by atoms with E-state index in [-0.39, 0.29) is 0 Å². The maximum Gasteiger partial charge on any atom is 0.0277 e. The van der Waals surface area contributed by atoms with E-state index in [1.165, 1.54) is 11.1 Å². The Morgan fingerprint density at radius 2 is 2.20 bits per heavy atom. The fourth-order valence-corrected chi connectivity index (χ4v) is 1.29. The summed E-state index contributed by atoms with van der Waals surface area (Å²) in [6, 6.07) is 0. The number of hydrogen-bond acceptors (Lipinski definition) is 2.